The first-order chi connectivity index (χ1) is 17.9. The molecule has 4 aromatic rings. The van der Waals surface area contributed by atoms with Crippen molar-refractivity contribution in [1.29, 1.82) is 0 Å². The van der Waals surface area contributed by atoms with Gasteiger partial charge < -0.3 is 24.1 Å². The summed E-state index contributed by atoms with van der Waals surface area (Å²) in [4.78, 5) is 25.4. The zero-order valence-corrected chi connectivity index (χ0v) is 22.4. The Bertz CT molecular complexity index is 1380. The van der Waals surface area contributed by atoms with E-state index in [1.807, 2.05) is 72.4 Å². The van der Waals surface area contributed by atoms with Gasteiger partial charge in [0.2, 0.25) is 5.91 Å². The second-order valence-electron chi connectivity index (χ2n) is 7.73. The third-order valence-corrected chi connectivity index (χ3v) is 7.34. The van der Waals surface area contributed by atoms with Gasteiger partial charge >= 0.3 is 5.97 Å². The molecular weight excluding hydrogens is 512 g/mol. The lowest BCUT2D eigenvalue weighted by atomic mass is 10.0. The van der Waals surface area contributed by atoms with Crippen LogP contribution >= 0.6 is 23.1 Å². The number of aromatic nitrogens is 3. The third kappa shape index (κ3) is 5.95. The molecule has 37 heavy (non-hydrogen) atoms. The van der Waals surface area contributed by atoms with Crippen LogP contribution in [0.25, 0.3) is 22.5 Å². The van der Waals surface area contributed by atoms with Crippen LogP contribution in [-0.2, 0) is 16.6 Å². The average Bonchev–Trinajstić information content (AvgIpc) is 3.51. The van der Waals surface area contributed by atoms with Gasteiger partial charge in [-0.1, -0.05) is 23.9 Å². The topological polar surface area (TPSA) is 105 Å². The van der Waals surface area contributed by atoms with Gasteiger partial charge in [0, 0.05) is 23.6 Å². The lowest BCUT2D eigenvalue weighted by molar-refractivity contribution is -0.113. The number of thiophene rings is 1. The van der Waals surface area contributed by atoms with Gasteiger partial charge in [0.1, 0.15) is 22.1 Å². The molecule has 2 heterocycles. The summed E-state index contributed by atoms with van der Waals surface area (Å²) in [5, 5.41) is 14.2. The molecule has 0 aliphatic carbocycles. The predicted octanol–water partition coefficient (Wildman–Crippen LogP) is 5.14. The molecule has 0 fully saturated rings. The number of ether oxygens (including phenoxy) is 3. The minimum Gasteiger partial charge on any atom is -0.497 e. The number of nitrogens with zero attached hydrogens (tertiary/aromatic N) is 3. The highest BCUT2D eigenvalue weighted by molar-refractivity contribution is 7.99. The molecule has 2 aromatic heterocycles. The largest absolute Gasteiger partial charge is 0.497 e. The highest BCUT2D eigenvalue weighted by atomic mass is 32.2. The van der Waals surface area contributed by atoms with Crippen molar-refractivity contribution >= 4 is 40.0 Å². The number of hydrogen-bond donors (Lipinski definition) is 1. The van der Waals surface area contributed by atoms with E-state index in [-0.39, 0.29) is 11.7 Å². The standard InChI is InChI=1S/C26H26N4O5S2/c1-5-35-19-12-8-17(9-13-19)23-28-29-26(30(23)2)37-15-21(31)27-24-22(25(32)34-4)20(14-36-24)16-6-10-18(33-3)11-7-16/h6-14H,5,15H2,1-4H3,(H,27,31). The van der Waals surface area contributed by atoms with Crippen LogP contribution in [0.2, 0.25) is 0 Å². The van der Waals surface area contributed by atoms with Crippen molar-refractivity contribution in [2.75, 3.05) is 31.9 Å². The van der Waals surface area contributed by atoms with Crippen LogP contribution in [0.15, 0.2) is 59.1 Å². The van der Waals surface area contributed by atoms with Crippen LogP contribution in [0.1, 0.15) is 17.3 Å². The molecule has 0 atom stereocenters. The number of nitrogens with one attached hydrogen (secondary N) is 1. The van der Waals surface area contributed by atoms with Crippen molar-refractivity contribution < 1.29 is 23.8 Å². The summed E-state index contributed by atoms with van der Waals surface area (Å²) in [5.74, 6) is 1.47. The molecule has 1 amide bonds. The molecule has 0 aliphatic heterocycles. The number of benzene rings is 2. The normalized spacial score (nSPS) is 10.7. The molecule has 2 aromatic carbocycles. The summed E-state index contributed by atoms with van der Waals surface area (Å²) >= 11 is 2.52. The van der Waals surface area contributed by atoms with Crippen molar-refractivity contribution in [3.63, 3.8) is 0 Å². The molecule has 0 spiro atoms. The van der Waals surface area contributed by atoms with E-state index in [1.165, 1.54) is 30.2 Å². The van der Waals surface area contributed by atoms with Gasteiger partial charge in [-0.3, -0.25) is 4.79 Å². The van der Waals surface area contributed by atoms with E-state index in [2.05, 4.69) is 15.5 Å². The number of hydrogen-bond acceptors (Lipinski definition) is 9. The number of amides is 1. The monoisotopic (exact) mass is 538 g/mol. The van der Waals surface area contributed by atoms with Gasteiger partial charge in [0.05, 0.1) is 26.6 Å². The number of carbonyl (C=O) groups is 2. The molecule has 0 unspecified atom stereocenters. The summed E-state index contributed by atoms with van der Waals surface area (Å²) in [6, 6.07) is 14.9. The van der Waals surface area contributed by atoms with Gasteiger partial charge in [-0.05, 0) is 48.9 Å². The van der Waals surface area contributed by atoms with E-state index < -0.39 is 5.97 Å². The van der Waals surface area contributed by atoms with E-state index in [0.29, 0.717) is 39.5 Å². The average molecular weight is 539 g/mol. The van der Waals surface area contributed by atoms with E-state index in [0.717, 1.165) is 16.9 Å². The number of esters is 1. The Hall–Kier alpha value is -3.83. The van der Waals surface area contributed by atoms with Crippen molar-refractivity contribution in [1.82, 2.24) is 14.8 Å². The van der Waals surface area contributed by atoms with E-state index in [1.54, 1.807) is 7.11 Å². The van der Waals surface area contributed by atoms with Gasteiger partial charge in [-0.2, -0.15) is 0 Å². The minimum atomic E-state index is -0.525. The fourth-order valence-corrected chi connectivity index (χ4v) is 5.27. The Labute approximate surface area is 222 Å². The maximum absolute atomic E-state index is 12.8. The number of carbonyl (C=O) groups excluding carboxylic acids is 2. The van der Waals surface area contributed by atoms with Crippen LogP contribution in [0.4, 0.5) is 5.00 Å². The molecule has 11 heteroatoms. The molecule has 0 saturated carbocycles. The number of thioether (sulfide) groups is 1. The number of rotatable bonds is 10. The third-order valence-electron chi connectivity index (χ3n) is 5.43. The molecule has 4 rings (SSSR count). The first-order valence-corrected chi connectivity index (χ1v) is 13.2. The summed E-state index contributed by atoms with van der Waals surface area (Å²) < 4.78 is 17.5. The molecular formula is C26H26N4O5S2. The highest BCUT2D eigenvalue weighted by Crippen LogP contribution is 2.37. The fourth-order valence-electron chi connectivity index (χ4n) is 3.59. The molecule has 1 N–H and O–H groups in total. The SMILES string of the molecule is CCOc1ccc(-c2nnc(SCC(=O)Nc3scc(-c4ccc(OC)cc4)c3C(=O)OC)n2C)cc1. The van der Waals surface area contributed by atoms with Gasteiger partial charge in [0.25, 0.3) is 0 Å². The summed E-state index contributed by atoms with van der Waals surface area (Å²) in [7, 11) is 4.75. The van der Waals surface area contributed by atoms with Crippen LogP contribution < -0.4 is 14.8 Å². The number of methoxy groups -OCH3 is 2. The van der Waals surface area contributed by atoms with Crippen LogP contribution in [-0.4, -0.2) is 53.2 Å². The zero-order chi connectivity index (χ0) is 26.4. The van der Waals surface area contributed by atoms with E-state index in [4.69, 9.17) is 14.2 Å². The quantitative estimate of drug-likeness (QED) is 0.219. The maximum atomic E-state index is 12.8. The Balaban J connectivity index is 1.45. The highest BCUT2D eigenvalue weighted by Gasteiger charge is 2.23. The summed E-state index contributed by atoms with van der Waals surface area (Å²) in [6.45, 7) is 2.53. The molecule has 0 saturated heterocycles. The molecule has 0 aliphatic rings. The van der Waals surface area contributed by atoms with Gasteiger partial charge in [-0.25, -0.2) is 4.79 Å². The Morgan fingerprint density at radius 1 is 1.00 bits per heavy atom. The molecule has 9 nitrogen and oxygen atoms in total. The van der Waals surface area contributed by atoms with Gasteiger partial charge in [0.15, 0.2) is 11.0 Å². The molecule has 0 bridgehead atoms. The van der Waals surface area contributed by atoms with Crippen molar-refractivity contribution in [2.45, 2.75) is 12.1 Å². The van der Waals surface area contributed by atoms with Crippen LogP contribution in [0, 0.1) is 0 Å². The van der Waals surface area contributed by atoms with Crippen molar-refractivity contribution in [3.05, 3.63) is 59.5 Å². The predicted molar refractivity (Wildman–Crippen MR) is 145 cm³/mol. The summed E-state index contributed by atoms with van der Waals surface area (Å²) in [6.07, 6.45) is 0. The summed E-state index contributed by atoms with van der Waals surface area (Å²) in [5.41, 5.74) is 2.69. The minimum absolute atomic E-state index is 0.0889. The van der Waals surface area contributed by atoms with E-state index >= 15 is 0 Å². The van der Waals surface area contributed by atoms with Crippen molar-refractivity contribution in [2.24, 2.45) is 7.05 Å². The van der Waals surface area contributed by atoms with Crippen molar-refractivity contribution in [3.8, 4) is 34.0 Å². The lowest BCUT2D eigenvalue weighted by Gasteiger charge is -2.08. The second kappa shape index (κ2) is 11.9. The van der Waals surface area contributed by atoms with Gasteiger partial charge in [-0.15, -0.1) is 21.5 Å². The Kier molecular flexibility index (Phi) is 8.47. The zero-order valence-electron chi connectivity index (χ0n) is 20.8. The fraction of sp³-hybridized carbons (Fsp3) is 0.231. The number of anilines is 1. The Morgan fingerprint density at radius 2 is 1.68 bits per heavy atom. The lowest BCUT2D eigenvalue weighted by Crippen LogP contribution is -2.16. The second-order valence-corrected chi connectivity index (χ2v) is 9.56. The maximum Gasteiger partial charge on any atom is 0.341 e. The molecule has 192 valence electrons. The van der Waals surface area contributed by atoms with Crippen LogP contribution in [0.3, 0.4) is 0 Å². The smallest absolute Gasteiger partial charge is 0.341 e. The molecule has 0 radical (unpaired) electrons. The van der Waals surface area contributed by atoms with Crippen LogP contribution in [0.5, 0.6) is 11.5 Å². The first kappa shape index (κ1) is 26.2. The first-order valence-electron chi connectivity index (χ1n) is 11.3. The van der Waals surface area contributed by atoms with E-state index in [9.17, 15) is 9.59 Å². The Morgan fingerprint density at radius 3 is 2.32 bits per heavy atom.